The Labute approximate surface area is 517 Å². The van der Waals surface area contributed by atoms with Crippen molar-refractivity contribution in [2.75, 3.05) is 9.80 Å². The van der Waals surface area contributed by atoms with Gasteiger partial charge in [0.05, 0.1) is 33.6 Å². The molecule has 0 aliphatic heterocycles. The van der Waals surface area contributed by atoms with Crippen molar-refractivity contribution in [3.05, 3.63) is 358 Å². The van der Waals surface area contributed by atoms with E-state index in [9.17, 15) is 0 Å². The molecule has 0 N–H and O–H groups in total. The summed E-state index contributed by atoms with van der Waals surface area (Å²) in [5.74, 6) is 0. The smallest absolute Gasteiger partial charge is 0.0713 e. The number of para-hydroxylation sites is 2. The van der Waals surface area contributed by atoms with Gasteiger partial charge < -0.3 is 9.80 Å². The van der Waals surface area contributed by atoms with Crippen LogP contribution in [0.5, 0.6) is 0 Å². The molecule has 0 fully saturated rings. The average Bonchev–Trinajstić information content (AvgIpc) is 1.15. The highest BCUT2D eigenvalue weighted by Crippen LogP contribution is 2.60. The number of hydrogen-bond donors (Lipinski definition) is 0. The van der Waals surface area contributed by atoms with Crippen LogP contribution in [-0.2, 0) is 36.5 Å². The molecule has 0 unspecified atom stereocenters. The molecule has 2 aliphatic carbocycles. The summed E-state index contributed by atoms with van der Waals surface area (Å²) in [6, 6.07) is 111. The van der Waals surface area contributed by atoms with Gasteiger partial charge in [0, 0.05) is 22.1 Å². The van der Waals surface area contributed by atoms with Gasteiger partial charge in [0.2, 0.25) is 0 Å². The van der Waals surface area contributed by atoms with Crippen molar-refractivity contribution in [2.45, 2.75) is 64.2 Å². The minimum atomic E-state index is -0.507. The highest BCUT2D eigenvalue weighted by Gasteiger charge is 2.48. The Morgan fingerprint density at radius 1 is 0.261 bits per heavy atom. The minimum absolute atomic E-state index is 0.507. The number of rotatable bonds is 14. The van der Waals surface area contributed by atoms with Gasteiger partial charge in [-0.3, -0.25) is 0 Å². The Morgan fingerprint density at radius 2 is 0.534 bits per heavy atom. The molecule has 0 bridgehead atoms. The van der Waals surface area contributed by atoms with Crippen molar-refractivity contribution in [3.63, 3.8) is 0 Å². The van der Waals surface area contributed by atoms with Crippen LogP contribution < -0.4 is 9.80 Å². The zero-order valence-electron chi connectivity index (χ0n) is 50.4. The third-order valence-corrected chi connectivity index (χ3v) is 19.8. The molecule has 2 nitrogen and oxygen atoms in total. The Kier molecular flexibility index (Phi) is 12.9. The maximum absolute atomic E-state index is 2.60. The van der Waals surface area contributed by atoms with Crippen LogP contribution in [0.3, 0.4) is 0 Å². The molecular formula is C86H68N2. The third-order valence-electron chi connectivity index (χ3n) is 19.8. The van der Waals surface area contributed by atoms with Crippen molar-refractivity contribution in [3.8, 4) is 22.3 Å². The van der Waals surface area contributed by atoms with E-state index in [0.717, 1.165) is 37.1 Å². The van der Waals surface area contributed by atoms with Crippen molar-refractivity contribution < 1.29 is 0 Å². The van der Waals surface area contributed by atoms with Gasteiger partial charge in [-0.15, -0.1) is 0 Å². The lowest BCUT2D eigenvalue weighted by Crippen LogP contribution is -2.29. The SMILES string of the molecule is CCc1cc(C2(c3ccccc3)c3ccccc3-c3ccccc32)cc(CC)c1N(c1ccccc1)c1ccc2ccc3c(N(c4ccccc4)c4c(CC)cc(C5(c6ccccc6)c6ccccc6-c6ccccc65)cc4CC)ccc4ccc1c2c43. The molecular weight excluding hydrogens is 1060 g/mol. The van der Waals surface area contributed by atoms with E-state index in [1.54, 1.807) is 0 Å². The third kappa shape index (κ3) is 7.74. The first-order valence-electron chi connectivity index (χ1n) is 31.7. The van der Waals surface area contributed by atoms with Crippen molar-refractivity contribution in [2.24, 2.45) is 0 Å². The van der Waals surface area contributed by atoms with Gasteiger partial charge in [-0.1, -0.05) is 282 Å². The van der Waals surface area contributed by atoms with Crippen LogP contribution in [0.4, 0.5) is 34.1 Å². The summed E-state index contributed by atoms with van der Waals surface area (Å²) in [5.41, 5.74) is 27.2. The first-order valence-corrected chi connectivity index (χ1v) is 31.7. The van der Waals surface area contributed by atoms with Gasteiger partial charge in [0.15, 0.2) is 0 Å². The quantitative estimate of drug-likeness (QED) is 0.100. The van der Waals surface area contributed by atoms with Gasteiger partial charge in [-0.2, -0.15) is 0 Å². The maximum Gasteiger partial charge on any atom is 0.0713 e. The van der Waals surface area contributed by atoms with Gasteiger partial charge in [0.25, 0.3) is 0 Å². The Balaban J connectivity index is 0.911. The van der Waals surface area contributed by atoms with Crippen LogP contribution in [0.2, 0.25) is 0 Å². The minimum Gasteiger partial charge on any atom is -0.309 e. The summed E-state index contributed by atoms with van der Waals surface area (Å²) < 4.78 is 0. The molecule has 16 rings (SSSR count). The normalized spacial score (nSPS) is 13.4. The predicted molar refractivity (Wildman–Crippen MR) is 372 cm³/mol. The lowest BCUT2D eigenvalue weighted by atomic mass is 9.67. The molecule has 0 saturated heterocycles. The molecule has 0 atom stereocenters. The molecule has 2 heteroatoms. The summed E-state index contributed by atoms with van der Waals surface area (Å²) in [6.07, 6.45) is 3.41. The van der Waals surface area contributed by atoms with E-state index in [2.05, 4.69) is 329 Å². The van der Waals surface area contributed by atoms with E-state index >= 15 is 0 Å². The first-order chi connectivity index (χ1) is 43.5. The molecule has 422 valence electrons. The topological polar surface area (TPSA) is 6.48 Å². The molecule has 0 heterocycles. The van der Waals surface area contributed by atoms with E-state index in [-0.39, 0.29) is 0 Å². The van der Waals surface area contributed by atoms with Crippen molar-refractivity contribution in [1.29, 1.82) is 0 Å². The van der Waals surface area contributed by atoms with Gasteiger partial charge in [-0.05, 0) is 173 Å². The monoisotopic (exact) mass is 1130 g/mol. The van der Waals surface area contributed by atoms with E-state index in [4.69, 9.17) is 0 Å². The number of anilines is 6. The molecule has 2 aliphatic rings. The highest BCUT2D eigenvalue weighted by atomic mass is 15.2. The molecule has 0 amide bonds. The van der Waals surface area contributed by atoms with E-state index in [1.165, 1.54) is 144 Å². The summed E-state index contributed by atoms with van der Waals surface area (Å²) in [7, 11) is 0. The standard InChI is InChI=1S/C86H68N2/c1-5-57-53-65(85(63-29-13-9-14-30-63)75-41-25-21-37-69(75)70-38-22-26-42-76(70)85)54-58(6-2)83(57)87(67-33-17-11-18-34-67)79-51-47-61-46-50-74-80(52-48-62-45-49-73(79)81(61)82(62)74)88(68-35-19-12-20-36-68)84-59(7-3)55-66(56-60(84)8-4)86(64-31-15-10-16-32-64)77-43-27-23-39-71(77)72-40-24-28-44-78(72)86/h9-56H,5-8H2,1-4H3. The average molecular weight is 1130 g/mol. The molecule has 0 radical (unpaired) electrons. The summed E-state index contributed by atoms with van der Waals surface area (Å²) >= 11 is 0. The Bertz CT molecular complexity index is 4510. The number of nitrogens with zero attached hydrogens (tertiary/aromatic N) is 2. The van der Waals surface area contributed by atoms with Gasteiger partial charge in [0.1, 0.15) is 0 Å². The molecule has 0 aromatic heterocycles. The van der Waals surface area contributed by atoms with Crippen LogP contribution in [0, 0.1) is 0 Å². The number of benzene rings is 14. The lowest BCUT2D eigenvalue weighted by molar-refractivity contribution is 0.763. The molecule has 0 spiro atoms. The predicted octanol–water partition coefficient (Wildman–Crippen LogP) is 22.5. The lowest BCUT2D eigenvalue weighted by Gasteiger charge is -2.37. The molecule has 14 aromatic carbocycles. The largest absolute Gasteiger partial charge is 0.309 e. The van der Waals surface area contributed by atoms with E-state index in [0.29, 0.717) is 0 Å². The van der Waals surface area contributed by atoms with Crippen molar-refractivity contribution >= 4 is 66.4 Å². The fourth-order valence-electron chi connectivity index (χ4n) is 16.1. The van der Waals surface area contributed by atoms with Gasteiger partial charge in [-0.25, -0.2) is 0 Å². The van der Waals surface area contributed by atoms with Crippen LogP contribution in [0.25, 0.3) is 54.6 Å². The van der Waals surface area contributed by atoms with Crippen molar-refractivity contribution in [1.82, 2.24) is 0 Å². The fourth-order valence-corrected chi connectivity index (χ4v) is 16.1. The van der Waals surface area contributed by atoms with Crippen LogP contribution >= 0.6 is 0 Å². The summed E-state index contributed by atoms with van der Waals surface area (Å²) in [6.45, 7) is 9.38. The van der Waals surface area contributed by atoms with E-state index in [1.807, 2.05) is 0 Å². The fraction of sp³-hybridized carbons (Fsp3) is 0.116. The Hall–Kier alpha value is -10.3. The van der Waals surface area contributed by atoms with Crippen LogP contribution in [-0.4, -0.2) is 0 Å². The Morgan fingerprint density at radius 3 is 0.841 bits per heavy atom. The van der Waals surface area contributed by atoms with Gasteiger partial charge >= 0.3 is 0 Å². The van der Waals surface area contributed by atoms with Crippen LogP contribution in [0.15, 0.2) is 291 Å². The highest BCUT2D eigenvalue weighted by molar-refractivity contribution is 6.28. The van der Waals surface area contributed by atoms with Crippen LogP contribution in [0.1, 0.15) is 94.5 Å². The second-order valence-corrected chi connectivity index (χ2v) is 24.0. The molecule has 88 heavy (non-hydrogen) atoms. The van der Waals surface area contributed by atoms with E-state index < -0.39 is 10.8 Å². The zero-order chi connectivity index (χ0) is 59.1. The molecule has 0 saturated carbocycles. The zero-order valence-corrected chi connectivity index (χ0v) is 50.4. The maximum atomic E-state index is 2.60. The second kappa shape index (κ2) is 21.3. The second-order valence-electron chi connectivity index (χ2n) is 24.0. The molecule has 14 aromatic rings. The number of fused-ring (bicyclic) bond motifs is 6. The number of aryl methyl sites for hydroxylation is 4. The summed E-state index contributed by atoms with van der Waals surface area (Å²) in [5, 5.41) is 7.48. The summed E-state index contributed by atoms with van der Waals surface area (Å²) in [4.78, 5) is 5.20. The first kappa shape index (κ1) is 53.2. The number of hydrogen-bond acceptors (Lipinski definition) is 2.